The van der Waals surface area contributed by atoms with Crippen LogP contribution in [0.1, 0.15) is 59.2 Å². The first-order chi connectivity index (χ1) is 10.6. The SMILES string of the molecule is CCc1noc(C)c1C(=O)N1CCC[C@@H](c2nc(C)no2)C1. The molecular weight excluding hydrogens is 284 g/mol. The van der Waals surface area contributed by atoms with Crippen LogP contribution in [0.4, 0.5) is 0 Å². The molecule has 0 aliphatic carbocycles. The molecule has 0 radical (unpaired) electrons. The van der Waals surface area contributed by atoms with Gasteiger partial charge in [0, 0.05) is 13.1 Å². The number of piperidine rings is 1. The first-order valence-electron chi connectivity index (χ1n) is 7.64. The molecule has 3 heterocycles. The summed E-state index contributed by atoms with van der Waals surface area (Å²) in [6.45, 7) is 6.87. The monoisotopic (exact) mass is 304 g/mol. The Balaban J connectivity index is 1.79. The molecule has 1 fully saturated rings. The third-order valence-electron chi connectivity index (χ3n) is 4.08. The first-order valence-corrected chi connectivity index (χ1v) is 7.64. The molecule has 7 heteroatoms. The van der Waals surface area contributed by atoms with E-state index in [2.05, 4.69) is 15.3 Å². The zero-order valence-electron chi connectivity index (χ0n) is 13.1. The smallest absolute Gasteiger partial charge is 0.259 e. The number of carbonyl (C=O) groups is 1. The van der Waals surface area contributed by atoms with E-state index < -0.39 is 0 Å². The Morgan fingerprint density at radius 2 is 2.14 bits per heavy atom. The Morgan fingerprint density at radius 1 is 1.32 bits per heavy atom. The molecule has 1 saturated heterocycles. The standard InChI is InChI=1S/C15H20N4O3/c1-4-12-13(9(2)21-18-12)15(20)19-7-5-6-11(8-19)14-16-10(3)17-22-14/h11H,4-8H2,1-3H3/t11-/m1/s1. The summed E-state index contributed by atoms with van der Waals surface area (Å²) in [4.78, 5) is 18.9. The van der Waals surface area contributed by atoms with Gasteiger partial charge in [0.25, 0.3) is 5.91 Å². The molecule has 3 rings (SSSR count). The van der Waals surface area contributed by atoms with Gasteiger partial charge in [0.1, 0.15) is 11.3 Å². The highest BCUT2D eigenvalue weighted by Crippen LogP contribution is 2.27. The number of likely N-dealkylation sites (tertiary alicyclic amines) is 1. The van der Waals surface area contributed by atoms with E-state index in [0.717, 1.165) is 25.1 Å². The Bertz CT molecular complexity index is 676. The summed E-state index contributed by atoms with van der Waals surface area (Å²) < 4.78 is 10.4. The molecular formula is C15H20N4O3. The summed E-state index contributed by atoms with van der Waals surface area (Å²) in [7, 11) is 0. The van der Waals surface area contributed by atoms with Crippen molar-refractivity contribution in [3.8, 4) is 0 Å². The first kappa shape index (κ1) is 14.7. The van der Waals surface area contributed by atoms with Crippen LogP contribution in [0, 0.1) is 13.8 Å². The molecule has 2 aromatic rings. The van der Waals surface area contributed by atoms with E-state index in [4.69, 9.17) is 9.05 Å². The lowest BCUT2D eigenvalue weighted by Crippen LogP contribution is -2.39. The van der Waals surface area contributed by atoms with E-state index in [1.54, 1.807) is 13.8 Å². The molecule has 0 aromatic carbocycles. The molecule has 118 valence electrons. The average molecular weight is 304 g/mol. The van der Waals surface area contributed by atoms with Gasteiger partial charge in [-0.15, -0.1) is 0 Å². The Hall–Kier alpha value is -2.18. The predicted molar refractivity (Wildman–Crippen MR) is 77.5 cm³/mol. The summed E-state index contributed by atoms with van der Waals surface area (Å²) in [6, 6.07) is 0. The molecule has 0 N–H and O–H groups in total. The van der Waals surface area contributed by atoms with Gasteiger partial charge >= 0.3 is 0 Å². The maximum atomic E-state index is 12.8. The second-order valence-electron chi connectivity index (χ2n) is 5.68. The minimum Gasteiger partial charge on any atom is -0.361 e. The number of aromatic nitrogens is 3. The van der Waals surface area contributed by atoms with Crippen LogP contribution >= 0.6 is 0 Å². The van der Waals surface area contributed by atoms with Crippen LogP contribution < -0.4 is 0 Å². The predicted octanol–water partition coefficient (Wildman–Crippen LogP) is 2.26. The third kappa shape index (κ3) is 2.63. The second-order valence-corrected chi connectivity index (χ2v) is 5.68. The molecule has 22 heavy (non-hydrogen) atoms. The van der Waals surface area contributed by atoms with Crippen molar-refractivity contribution in [2.75, 3.05) is 13.1 Å². The number of nitrogens with zero attached hydrogens (tertiary/aromatic N) is 4. The van der Waals surface area contributed by atoms with E-state index in [-0.39, 0.29) is 11.8 Å². The van der Waals surface area contributed by atoms with Gasteiger partial charge in [-0.05, 0) is 33.1 Å². The van der Waals surface area contributed by atoms with E-state index in [1.807, 2.05) is 11.8 Å². The normalized spacial score (nSPS) is 18.7. The van der Waals surface area contributed by atoms with Crippen molar-refractivity contribution in [1.29, 1.82) is 0 Å². The minimum atomic E-state index is -0.0171. The molecule has 2 aromatic heterocycles. The largest absolute Gasteiger partial charge is 0.361 e. The Morgan fingerprint density at radius 3 is 2.82 bits per heavy atom. The van der Waals surface area contributed by atoms with Gasteiger partial charge in [0.2, 0.25) is 5.89 Å². The lowest BCUT2D eigenvalue weighted by atomic mass is 9.97. The van der Waals surface area contributed by atoms with Crippen molar-refractivity contribution in [2.45, 2.75) is 46.0 Å². The van der Waals surface area contributed by atoms with E-state index in [0.29, 0.717) is 36.0 Å². The highest BCUT2D eigenvalue weighted by molar-refractivity contribution is 5.96. The zero-order valence-corrected chi connectivity index (χ0v) is 13.1. The Labute approximate surface area is 128 Å². The highest BCUT2D eigenvalue weighted by Gasteiger charge is 2.31. The van der Waals surface area contributed by atoms with Crippen molar-refractivity contribution in [3.05, 3.63) is 28.7 Å². The molecule has 1 aliphatic rings. The molecule has 1 amide bonds. The third-order valence-corrected chi connectivity index (χ3v) is 4.08. The molecule has 1 aliphatic heterocycles. The summed E-state index contributed by atoms with van der Waals surface area (Å²) in [5.41, 5.74) is 1.32. The lowest BCUT2D eigenvalue weighted by Gasteiger charge is -2.31. The van der Waals surface area contributed by atoms with Crippen LogP contribution in [-0.4, -0.2) is 39.2 Å². The van der Waals surface area contributed by atoms with E-state index in [1.165, 1.54) is 0 Å². The van der Waals surface area contributed by atoms with Crippen molar-refractivity contribution < 1.29 is 13.8 Å². The zero-order chi connectivity index (χ0) is 15.7. The number of carbonyl (C=O) groups excluding carboxylic acids is 1. The van der Waals surface area contributed by atoms with Crippen LogP contribution in [0.2, 0.25) is 0 Å². The minimum absolute atomic E-state index is 0.0171. The lowest BCUT2D eigenvalue weighted by molar-refractivity contribution is 0.0693. The fourth-order valence-electron chi connectivity index (χ4n) is 2.93. The number of hydrogen-bond donors (Lipinski definition) is 0. The van der Waals surface area contributed by atoms with Gasteiger partial charge in [-0.1, -0.05) is 17.2 Å². The molecule has 0 spiro atoms. The fourth-order valence-corrected chi connectivity index (χ4v) is 2.93. The van der Waals surface area contributed by atoms with Gasteiger partial charge in [-0.25, -0.2) is 0 Å². The van der Waals surface area contributed by atoms with E-state index >= 15 is 0 Å². The number of hydrogen-bond acceptors (Lipinski definition) is 6. The van der Waals surface area contributed by atoms with E-state index in [9.17, 15) is 4.79 Å². The van der Waals surface area contributed by atoms with Crippen molar-refractivity contribution in [3.63, 3.8) is 0 Å². The Kier molecular flexibility index (Phi) is 3.96. The summed E-state index contributed by atoms with van der Waals surface area (Å²) in [5.74, 6) is 1.91. The molecule has 7 nitrogen and oxygen atoms in total. The van der Waals surface area contributed by atoms with Crippen LogP contribution in [0.3, 0.4) is 0 Å². The van der Waals surface area contributed by atoms with Crippen LogP contribution in [0.15, 0.2) is 9.05 Å². The maximum absolute atomic E-state index is 12.8. The second kappa shape index (κ2) is 5.90. The summed E-state index contributed by atoms with van der Waals surface area (Å²) >= 11 is 0. The van der Waals surface area contributed by atoms with Crippen LogP contribution in [0.5, 0.6) is 0 Å². The quantitative estimate of drug-likeness (QED) is 0.864. The fraction of sp³-hybridized carbons (Fsp3) is 0.600. The molecule has 0 saturated carbocycles. The molecule has 1 atom stereocenters. The topological polar surface area (TPSA) is 85.3 Å². The number of amides is 1. The summed E-state index contributed by atoms with van der Waals surface area (Å²) in [5, 5.41) is 7.81. The van der Waals surface area contributed by atoms with Crippen molar-refractivity contribution in [2.24, 2.45) is 0 Å². The van der Waals surface area contributed by atoms with Gasteiger partial charge in [0.15, 0.2) is 5.82 Å². The number of aryl methyl sites for hydroxylation is 3. The molecule has 0 bridgehead atoms. The van der Waals surface area contributed by atoms with Gasteiger partial charge < -0.3 is 13.9 Å². The van der Waals surface area contributed by atoms with Gasteiger partial charge in [0.05, 0.1) is 11.6 Å². The maximum Gasteiger partial charge on any atom is 0.259 e. The van der Waals surface area contributed by atoms with Gasteiger partial charge in [-0.2, -0.15) is 4.98 Å². The van der Waals surface area contributed by atoms with Gasteiger partial charge in [-0.3, -0.25) is 4.79 Å². The van der Waals surface area contributed by atoms with Crippen molar-refractivity contribution >= 4 is 5.91 Å². The average Bonchev–Trinajstić information content (AvgIpc) is 3.12. The molecule has 0 unspecified atom stereocenters. The summed E-state index contributed by atoms with van der Waals surface area (Å²) in [6.07, 6.45) is 2.55. The van der Waals surface area contributed by atoms with Crippen LogP contribution in [0.25, 0.3) is 0 Å². The van der Waals surface area contributed by atoms with Crippen LogP contribution in [-0.2, 0) is 6.42 Å². The van der Waals surface area contributed by atoms with Crippen molar-refractivity contribution in [1.82, 2.24) is 20.2 Å². The highest BCUT2D eigenvalue weighted by atomic mass is 16.5. The number of rotatable bonds is 3.